The molecule has 0 aliphatic heterocycles. The maximum atomic E-state index is 13.0. The quantitative estimate of drug-likeness (QED) is 0.667. The van der Waals surface area contributed by atoms with Gasteiger partial charge in [0.1, 0.15) is 4.88 Å². The van der Waals surface area contributed by atoms with Crippen LogP contribution >= 0.6 is 11.3 Å². The Bertz CT molecular complexity index is 843. The molecule has 3 aromatic rings. The summed E-state index contributed by atoms with van der Waals surface area (Å²) in [5, 5.41) is 13.3. The van der Waals surface area contributed by atoms with E-state index in [1.807, 2.05) is 73.3 Å². The lowest BCUT2D eigenvalue weighted by Crippen LogP contribution is -2.41. The van der Waals surface area contributed by atoms with Crippen LogP contribution in [0.1, 0.15) is 29.9 Å². The predicted molar refractivity (Wildman–Crippen MR) is 105 cm³/mol. The van der Waals surface area contributed by atoms with Gasteiger partial charge in [0.25, 0.3) is 5.91 Å². The number of hydrogen-bond donors (Lipinski definition) is 2. The molecule has 0 aliphatic carbocycles. The fraction of sp³-hybridized carbons (Fsp3) is 0.300. The lowest BCUT2D eigenvalue weighted by Gasteiger charge is -2.21. The van der Waals surface area contributed by atoms with E-state index in [0.29, 0.717) is 10.6 Å². The number of carbonyl (C=O) groups excluding carboxylic acids is 1. The molecule has 1 aromatic carbocycles. The average Bonchev–Trinajstić information content (AvgIpc) is 3.35. The van der Waals surface area contributed by atoms with Gasteiger partial charge in [0, 0.05) is 18.0 Å². The minimum absolute atomic E-state index is 0.0787. The number of benzene rings is 1. The minimum Gasteiger partial charge on any atom is -0.394 e. The fourth-order valence-electron chi connectivity index (χ4n) is 2.71. The second kappa shape index (κ2) is 8.29. The third-order valence-electron chi connectivity index (χ3n) is 4.54. The number of hydrogen-bond acceptors (Lipinski definition) is 4. The highest BCUT2D eigenvalue weighted by Gasteiger charge is 2.24. The zero-order valence-corrected chi connectivity index (χ0v) is 15.7. The second-order valence-corrected chi connectivity index (χ2v) is 7.26. The van der Waals surface area contributed by atoms with Gasteiger partial charge in [-0.05, 0) is 18.1 Å². The first-order chi connectivity index (χ1) is 12.6. The van der Waals surface area contributed by atoms with Crippen LogP contribution in [0.3, 0.4) is 0 Å². The summed E-state index contributed by atoms with van der Waals surface area (Å²) >= 11 is 1.35. The minimum atomic E-state index is -0.270. The molecule has 0 unspecified atom stereocenters. The maximum absolute atomic E-state index is 13.0. The number of thiazole rings is 1. The van der Waals surface area contributed by atoms with Crippen LogP contribution in [-0.2, 0) is 0 Å². The highest BCUT2D eigenvalue weighted by atomic mass is 32.1. The molecule has 0 saturated carbocycles. The van der Waals surface area contributed by atoms with Crippen molar-refractivity contribution in [1.82, 2.24) is 14.9 Å². The molecule has 5 nitrogen and oxygen atoms in total. The van der Waals surface area contributed by atoms with Crippen LogP contribution in [0.5, 0.6) is 0 Å². The first kappa shape index (κ1) is 18.4. The van der Waals surface area contributed by atoms with Gasteiger partial charge in [-0.25, -0.2) is 4.98 Å². The Kier molecular flexibility index (Phi) is 5.85. The summed E-state index contributed by atoms with van der Waals surface area (Å²) in [6, 6.07) is 13.3. The summed E-state index contributed by atoms with van der Waals surface area (Å²) < 4.78 is 1.89. The van der Waals surface area contributed by atoms with Crippen molar-refractivity contribution in [1.29, 1.82) is 0 Å². The van der Waals surface area contributed by atoms with Crippen molar-refractivity contribution < 1.29 is 9.90 Å². The van der Waals surface area contributed by atoms with Crippen molar-refractivity contribution in [2.45, 2.75) is 26.3 Å². The van der Waals surface area contributed by atoms with Gasteiger partial charge < -0.3 is 15.0 Å². The fourth-order valence-corrected chi connectivity index (χ4v) is 3.67. The van der Waals surface area contributed by atoms with E-state index in [4.69, 9.17) is 4.98 Å². The molecule has 0 saturated heterocycles. The Labute approximate surface area is 157 Å². The van der Waals surface area contributed by atoms with E-state index in [1.54, 1.807) is 0 Å². The van der Waals surface area contributed by atoms with Gasteiger partial charge in [0.05, 0.1) is 18.3 Å². The first-order valence-corrected chi connectivity index (χ1v) is 9.57. The smallest absolute Gasteiger partial charge is 0.264 e. The Hall–Kier alpha value is -2.44. The van der Waals surface area contributed by atoms with Crippen molar-refractivity contribution in [3.05, 3.63) is 59.7 Å². The van der Waals surface area contributed by atoms with Gasteiger partial charge in [-0.2, -0.15) is 0 Å². The van der Waals surface area contributed by atoms with E-state index in [1.165, 1.54) is 11.3 Å². The summed E-state index contributed by atoms with van der Waals surface area (Å²) in [5.74, 6) is 0.0000695. The molecule has 0 spiro atoms. The van der Waals surface area contributed by atoms with E-state index in [-0.39, 0.29) is 24.5 Å². The predicted octanol–water partition coefficient (Wildman–Crippen LogP) is 3.74. The average molecular weight is 369 g/mol. The summed E-state index contributed by atoms with van der Waals surface area (Å²) in [4.78, 5) is 18.2. The molecule has 2 heterocycles. The number of rotatable bonds is 7. The SMILES string of the molecule is CC[C@H](C)[C@H](CO)NC(=O)c1sc(-n2cccc2)nc1-c1ccccc1. The van der Waals surface area contributed by atoms with Crippen molar-refractivity contribution in [2.75, 3.05) is 6.61 Å². The third-order valence-corrected chi connectivity index (χ3v) is 5.61. The zero-order valence-electron chi connectivity index (χ0n) is 14.9. The summed E-state index contributed by atoms with van der Waals surface area (Å²) in [7, 11) is 0. The van der Waals surface area contributed by atoms with Crippen LogP contribution < -0.4 is 5.32 Å². The van der Waals surface area contributed by atoms with E-state index < -0.39 is 0 Å². The van der Waals surface area contributed by atoms with Gasteiger partial charge in [0.2, 0.25) is 0 Å². The van der Waals surface area contributed by atoms with Crippen LogP contribution in [0.4, 0.5) is 0 Å². The molecular weight excluding hydrogens is 346 g/mol. The lowest BCUT2D eigenvalue weighted by atomic mass is 10.00. The van der Waals surface area contributed by atoms with Crippen molar-refractivity contribution in [2.24, 2.45) is 5.92 Å². The Morgan fingerprint density at radius 2 is 1.92 bits per heavy atom. The third kappa shape index (κ3) is 3.86. The second-order valence-electron chi connectivity index (χ2n) is 6.28. The van der Waals surface area contributed by atoms with Crippen LogP contribution in [0, 0.1) is 5.92 Å². The Morgan fingerprint density at radius 3 is 2.54 bits per heavy atom. The van der Waals surface area contributed by atoms with Crippen molar-refractivity contribution in [3.63, 3.8) is 0 Å². The molecule has 0 fully saturated rings. The maximum Gasteiger partial charge on any atom is 0.264 e. The van der Waals surface area contributed by atoms with Crippen molar-refractivity contribution in [3.8, 4) is 16.4 Å². The molecule has 3 rings (SSSR count). The number of aliphatic hydroxyl groups is 1. The first-order valence-electron chi connectivity index (χ1n) is 8.75. The van der Waals surface area contributed by atoms with Gasteiger partial charge in [-0.15, -0.1) is 0 Å². The molecular formula is C20H23N3O2S. The highest BCUT2D eigenvalue weighted by Crippen LogP contribution is 2.30. The van der Waals surface area contributed by atoms with Crippen LogP contribution in [0.2, 0.25) is 0 Å². The highest BCUT2D eigenvalue weighted by molar-refractivity contribution is 7.16. The van der Waals surface area contributed by atoms with Gasteiger partial charge in [0.15, 0.2) is 5.13 Å². The number of aromatic nitrogens is 2. The number of nitrogens with zero attached hydrogens (tertiary/aromatic N) is 2. The summed E-state index contributed by atoms with van der Waals surface area (Å²) in [5.41, 5.74) is 1.56. The van der Waals surface area contributed by atoms with Crippen LogP contribution in [0.25, 0.3) is 16.4 Å². The van der Waals surface area contributed by atoms with E-state index in [0.717, 1.165) is 17.1 Å². The van der Waals surface area contributed by atoms with Crippen molar-refractivity contribution >= 4 is 17.2 Å². The van der Waals surface area contributed by atoms with Crippen LogP contribution in [0.15, 0.2) is 54.9 Å². The monoisotopic (exact) mass is 369 g/mol. The molecule has 2 aromatic heterocycles. The van der Waals surface area contributed by atoms with E-state index >= 15 is 0 Å². The molecule has 2 N–H and O–H groups in total. The zero-order chi connectivity index (χ0) is 18.5. The molecule has 0 radical (unpaired) electrons. The lowest BCUT2D eigenvalue weighted by molar-refractivity contribution is 0.0896. The number of amides is 1. The molecule has 0 aliphatic rings. The normalized spacial score (nSPS) is 13.3. The largest absolute Gasteiger partial charge is 0.394 e. The molecule has 2 atom stereocenters. The topological polar surface area (TPSA) is 67.2 Å². The van der Waals surface area contributed by atoms with Gasteiger partial charge in [-0.3, -0.25) is 4.79 Å². The molecule has 0 bridgehead atoms. The van der Waals surface area contributed by atoms with E-state index in [9.17, 15) is 9.90 Å². The summed E-state index contributed by atoms with van der Waals surface area (Å²) in [6.07, 6.45) is 4.70. The van der Waals surface area contributed by atoms with Gasteiger partial charge >= 0.3 is 0 Å². The molecule has 1 amide bonds. The number of nitrogens with one attached hydrogen (secondary N) is 1. The van der Waals surface area contributed by atoms with Crippen LogP contribution in [-0.4, -0.2) is 33.2 Å². The summed E-state index contributed by atoms with van der Waals surface area (Å²) in [6.45, 7) is 3.99. The van der Waals surface area contributed by atoms with Gasteiger partial charge in [-0.1, -0.05) is 61.9 Å². The Balaban J connectivity index is 1.98. The standard InChI is InChI=1S/C20H23N3O2S/c1-3-14(2)16(13-24)21-19(25)18-17(15-9-5-4-6-10-15)22-20(26-18)23-11-7-8-12-23/h4-12,14,16,24H,3,13H2,1-2H3,(H,21,25)/t14-,16-/m0/s1. The molecule has 26 heavy (non-hydrogen) atoms. The van der Waals surface area contributed by atoms with E-state index in [2.05, 4.69) is 5.32 Å². The Morgan fingerprint density at radius 1 is 1.23 bits per heavy atom. The molecule has 6 heteroatoms. The number of carbonyl (C=O) groups is 1. The number of aliphatic hydroxyl groups excluding tert-OH is 1. The molecule has 136 valence electrons.